The Bertz CT molecular complexity index is 713. The molecule has 2 aromatic rings. The van der Waals surface area contributed by atoms with Crippen molar-refractivity contribution in [1.82, 2.24) is 4.90 Å². The molecule has 26 heavy (non-hydrogen) atoms. The van der Waals surface area contributed by atoms with E-state index < -0.39 is 0 Å². The molecule has 0 aromatic heterocycles. The van der Waals surface area contributed by atoms with Crippen LogP contribution in [0.15, 0.2) is 48.5 Å². The highest BCUT2D eigenvalue weighted by Crippen LogP contribution is 2.20. The molecular formula is C22H30N2O2. The lowest BCUT2D eigenvalue weighted by Gasteiger charge is -2.19. The van der Waals surface area contributed by atoms with Gasteiger partial charge in [-0.1, -0.05) is 57.2 Å². The Hall–Kier alpha value is -2.33. The second-order valence-corrected chi connectivity index (χ2v) is 7.04. The quantitative estimate of drug-likeness (QED) is 0.728. The van der Waals surface area contributed by atoms with Crippen LogP contribution in [-0.2, 0) is 17.8 Å². The van der Waals surface area contributed by atoms with Crippen molar-refractivity contribution in [2.24, 2.45) is 5.92 Å². The van der Waals surface area contributed by atoms with Gasteiger partial charge in [0.25, 0.3) is 0 Å². The number of anilines is 1. The number of rotatable bonds is 9. The lowest BCUT2D eigenvalue weighted by Crippen LogP contribution is -2.30. The minimum absolute atomic E-state index is 0.00557. The molecule has 140 valence electrons. The number of amides is 1. The molecule has 0 aliphatic carbocycles. The van der Waals surface area contributed by atoms with E-state index in [4.69, 9.17) is 4.74 Å². The zero-order valence-corrected chi connectivity index (χ0v) is 16.3. The summed E-state index contributed by atoms with van der Waals surface area (Å²) in [4.78, 5) is 14.4. The maximum Gasteiger partial charge on any atom is 0.238 e. The smallest absolute Gasteiger partial charge is 0.238 e. The Morgan fingerprint density at radius 1 is 1.08 bits per heavy atom. The highest BCUT2D eigenvalue weighted by molar-refractivity contribution is 5.92. The number of hydrogen-bond acceptors (Lipinski definition) is 3. The maximum atomic E-state index is 12.4. The second-order valence-electron chi connectivity index (χ2n) is 7.04. The lowest BCUT2D eigenvalue weighted by atomic mass is 10.1. The Kier molecular flexibility index (Phi) is 7.67. The van der Waals surface area contributed by atoms with Gasteiger partial charge in [0, 0.05) is 17.8 Å². The van der Waals surface area contributed by atoms with E-state index in [9.17, 15) is 4.79 Å². The molecule has 0 aliphatic rings. The highest BCUT2D eigenvalue weighted by Gasteiger charge is 2.12. The largest absolute Gasteiger partial charge is 0.493 e. The number of nitrogens with zero attached hydrogens (tertiary/aromatic N) is 1. The predicted octanol–water partition coefficient (Wildman–Crippen LogP) is 4.35. The molecule has 0 aliphatic heterocycles. The van der Waals surface area contributed by atoms with E-state index in [1.165, 1.54) is 0 Å². The van der Waals surface area contributed by atoms with Gasteiger partial charge >= 0.3 is 0 Å². The van der Waals surface area contributed by atoms with Gasteiger partial charge in [-0.2, -0.15) is 0 Å². The zero-order valence-electron chi connectivity index (χ0n) is 16.3. The molecule has 1 amide bonds. The molecule has 4 nitrogen and oxygen atoms in total. The maximum absolute atomic E-state index is 12.4. The van der Waals surface area contributed by atoms with Crippen molar-refractivity contribution in [2.45, 2.75) is 33.7 Å². The first-order chi connectivity index (χ1) is 12.5. The number of aryl methyl sites for hydroxylation is 1. The second kappa shape index (κ2) is 9.97. The minimum Gasteiger partial charge on any atom is -0.493 e. The fourth-order valence-electron chi connectivity index (χ4n) is 2.76. The van der Waals surface area contributed by atoms with Gasteiger partial charge in [0.15, 0.2) is 0 Å². The van der Waals surface area contributed by atoms with E-state index in [0.29, 0.717) is 25.6 Å². The Morgan fingerprint density at radius 2 is 1.73 bits per heavy atom. The molecule has 0 radical (unpaired) electrons. The van der Waals surface area contributed by atoms with Gasteiger partial charge in [-0.3, -0.25) is 9.69 Å². The van der Waals surface area contributed by atoms with Gasteiger partial charge in [0.05, 0.1) is 13.2 Å². The topological polar surface area (TPSA) is 41.6 Å². The fraction of sp³-hybridized carbons (Fsp3) is 0.409. The van der Waals surface area contributed by atoms with E-state index in [2.05, 4.69) is 32.2 Å². The number of carbonyl (C=O) groups excluding carboxylic acids is 1. The Balaban J connectivity index is 1.94. The molecule has 0 bridgehead atoms. The average molecular weight is 354 g/mol. The van der Waals surface area contributed by atoms with Crippen LogP contribution in [0.1, 0.15) is 31.9 Å². The molecule has 1 N–H and O–H groups in total. The van der Waals surface area contributed by atoms with E-state index in [-0.39, 0.29) is 5.91 Å². The van der Waals surface area contributed by atoms with E-state index in [1.54, 1.807) is 0 Å². The van der Waals surface area contributed by atoms with Crippen molar-refractivity contribution < 1.29 is 9.53 Å². The number of ether oxygens (including phenoxy) is 1. The van der Waals surface area contributed by atoms with Crippen LogP contribution in [0.25, 0.3) is 0 Å². The van der Waals surface area contributed by atoms with Crippen molar-refractivity contribution >= 4 is 11.6 Å². The van der Waals surface area contributed by atoms with Crippen LogP contribution in [0, 0.1) is 5.92 Å². The third kappa shape index (κ3) is 6.19. The first kappa shape index (κ1) is 20.0. The SMILES string of the molecule is CCc1ccccc1NC(=O)CN(C)Cc1ccccc1OCC(C)C. The third-order valence-electron chi connectivity index (χ3n) is 4.07. The molecular weight excluding hydrogens is 324 g/mol. The fourth-order valence-corrected chi connectivity index (χ4v) is 2.76. The summed E-state index contributed by atoms with van der Waals surface area (Å²) in [6.45, 7) is 8.04. The summed E-state index contributed by atoms with van der Waals surface area (Å²) < 4.78 is 5.90. The molecule has 0 saturated heterocycles. The minimum atomic E-state index is -0.00557. The van der Waals surface area contributed by atoms with Gasteiger partial charge in [-0.15, -0.1) is 0 Å². The van der Waals surface area contributed by atoms with Crippen LogP contribution in [0.3, 0.4) is 0 Å². The highest BCUT2D eigenvalue weighted by atomic mass is 16.5. The third-order valence-corrected chi connectivity index (χ3v) is 4.07. The number of hydrogen-bond donors (Lipinski definition) is 1. The summed E-state index contributed by atoms with van der Waals surface area (Å²) >= 11 is 0. The van der Waals surface area contributed by atoms with Crippen molar-refractivity contribution in [3.8, 4) is 5.75 Å². The van der Waals surface area contributed by atoms with E-state index >= 15 is 0 Å². The van der Waals surface area contributed by atoms with E-state index in [1.807, 2.05) is 54.4 Å². The molecule has 0 atom stereocenters. The van der Waals surface area contributed by atoms with Crippen molar-refractivity contribution in [2.75, 3.05) is 25.5 Å². The zero-order chi connectivity index (χ0) is 18.9. The molecule has 4 heteroatoms. The van der Waals surface area contributed by atoms with Gasteiger partial charge in [-0.05, 0) is 37.1 Å². The standard InChI is InChI=1S/C22H30N2O2/c1-5-18-10-6-8-12-20(18)23-22(25)15-24(4)14-19-11-7-9-13-21(19)26-16-17(2)3/h6-13,17H,5,14-16H2,1-4H3,(H,23,25). The predicted molar refractivity (Wildman–Crippen MR) is 108 cm³/mol. The van der Waals surface area contributed by atoms with Gasteiger partial charge in [0.2, 0.25) is 5.91 Å². The van der Waals surface area contributed by atoms with Crippen LogP contribution in [0.5, 0.6) is 5.75 Å². The molecule has 0 spiro atoms. The molecule has 0 saturated carbocycles. The van der Waals surface area contributed by atoms with E-state index in [0.717, 1.165) is 29.0 Å². The summed E-state index contributed by atoms with van der Waals surface area (Å²) in [7, 11) is 1.95. The van der Waals surface area contributed by atoms with Crippen LogP contribution in [0.2, 0.25) is 0 Å². The average Bonchev–Trinajstić information content (AvgIpc) is 2.61. The summed E-state index contributed by atoms with van der Waals surface area (Å²) in [5.74, 6) is 1.36. The number of nitrogens with one attached hydrogen (secondary N) is 1. The van der Waals surface area contributed by atoms with Crippen LogP contribution in [-0.4, -0.2) is 31.0 Å². The van der Waals surface area contributed by atoms with Crippen LogP contribution < -0.4 is 10.1 Å². The summed E-state index contributed by atoms with van der Waals surface area (Å²) in [6.07, 6.45) is 0.896. The Morgan fingerprint density at radius 3 is 2.42 bits per heavy atom. The first-order valence-corrected chi connectivity index (χ1v) is 9.26. The van der Waals surface area contributed by atoms with Gasteiger partial charge in [0.1, 0.15) is 5.75 Å². The molecule has 0 unspecified atom stereocenters. The summed E-state index contributed by atoms with van der Waals surface area (Å²) in [5.41, 5.74) is 3.14. The molecule has 0 heterocycles. The summed E-state index contributed by atoms with van der Waals surface area (Å²) in [6, 6.07) is 16.0. The van der Waals surface area contributed by atoms with Crippen LogP contribution >= 0.6 is 0 Å². The lowest BCUT2D eigenvalue weighted by molar-refractivity contribution is -0.117. The molecule has 2 rings (SSSR count). The summed E-state index contributed by atoms with van der Waals surface area (Å²) in [5, 5.41) is 3.02. The Labute approximate surface area is 157 Å². The normalized spacial score (nSPS) is 11.0. The number of carbonyl (C=O) groups is 1. The number of para-hydroxylation sites is 2. The first-order valence-electron chi connectivity index (χ1n) is 9.26. The van der Waals surface area contributed by atoms with Crippen LogP contribution in [0.4, 0.5) is 5.69 Å². The van der Waals surface area contributed by atoms with Gasteiger partial charge in [-0.25, -0.2) is 0 Å². The molecule has 0 fully saturated rings. The van der Waals surface area contributed by atoms with Crippen molar-refractivity contribution in [3.05, 3.63) is 59.7 Å². The van der Waals surface area contributed by atoms with Gasteiger partial charge < -0.3 is 10.1 Å². The molecule has 2 aromatic carbocycles. The monoisotopic (exact) mass is 354 g/mol. The number of benzene rings is 2. The van der Waals surface area contributed by atoms with Crippen molar-refractivity contribution in [3.63, 3.8) is 0 Å². The number of likely N-dealkylation sites (N-methyl/N-ethyl adjacent to an activating group) is 1. The van der Waals surface area contributed by atoms with Crippen molar-refractivity contribution in [1.29, 1.82) is 0 Å².